The summed E-state index contributed by atoms with van der Waals surface area (Å²) in [5.41, 5.74) is 0. The number of hydrogen-bond donors (Lipinski definition) is 2. The van der Waals surface area contributed by atoms with Crippen molar-refractivity contribution < 1.29 is 9.90 Å². The van der Waals surface area contributed by atoms with Crippen LogP contribution in [0.3, 0.4) is 0 Å². The third-order valence-corrected chi connectivity index (χ3v) is 3.50. The van der Waals surface area contributed by atoms with Gasteiger partial charge < -0.3 is 10.4 Å². The molecule has 1 heterocycles. The van der Waals surface area contributed by atoms with E-state index in [-0.39, 0.29) is 12.0 Å². The van der Waals surface area contributed by atoms with E-state index in [1.54, 1.807) is 13.0 Å². The fraction of sp³-hybridized carbons (Fsp3) is 0.500. The second kappa shape index (κ2) is 6.25. The molecule has 84 valence electrons. The Morgan fingerprint density at radius 3 is 2.93 bits per heavy atom. The highest BCUT2D eigenvalue weighted by Gasteiger charge is 2.07. The van der Waals surface area contributed by atoms with Crippen LogP contribution in [0.5, 0.6) is 0 Å². The summed E-state index contributed by atoms with van der Waals surface area (Å²) in [6.07, 6.45) is 1.22. The molecule has 0 bridgehead atoms. The van der Waals surface area contributed by atoms with Crippen LogP contribution in [-0.4, -0.2) is 23.7 Å². The van der Waals surface area contributed by atoms with Gasteiger partial charge in [-0.05, 0) is 47.8 Å². The van der Waals surface area contributed by atoms with Crippen LogP contribution in [0.2, 0.25) is 0 Å². The highest BCUT2D eigenvalue weighted by molar-refractivity contribution is 9.11. The number of carbonyl (C=O) groups excluding carboxylic acids is 1. The molecule has 3 nitrogen and oxygen atoms in total. The van der Waals surface area contributed by atoms with Crippen molar-refractivity contribution in [2.75, 3.05) is 6.54 Å². The first-order valence-corrected chi connectivity index (χ1v) is 6.42. The molecular formula is C10H14BrNO2S. The molecule has 1 aromatic rings. The van der Waals surface area contributed by atoms with Crippen LogP contribution in [-0.2, 0) is 0 Å². The second-order valence-electron chi connectivity index (χ2n) is 3.35. The standard InChI is InChI=1S/C10H14BrNO2S/c1-7(13)3-2-6-12-10(14)8-4-5-9(11)15-8/h4-5,7,13H,2-3,6H2,1H3,(H,12,14). The Balaban J connectivity index is 2.25. The summed E-state index contributed by atoms with van der Waals surface area (Å²) in [5.74, 6) is -0.0451. The van der Waals surface area contributed by atoms with Crippen LogP contribution in [0.15, 0.2) is 15.9 Å². The van der Waals surface area contributed by atoms with Gasteiger partial charge in [0.25, 0.3) is 5.91 Å². The molecule has 1 rings (SSSR count). The number of nitrogens with one attached hydrogen (secondary N) is 1. The molecule has 0 saturated heterocycles. The zero-order chi connectivity index (χ0) is 11.3. The van der Waals surface area contributed by atoms with E-state index in [1.165, 1.54) is 11.3 Å². The van der Waals surface area contributed by atoms with Crippen molar-refractivity contribution in [1.82, 2.24) is 5.32 Å². The largest absolute Gasteiger partial charge is 0.393 e. The first-order chi connectivity index (χ1) is 7.09. The van der Waals surface area contributed by atoms with Gasteiger partial charge in [0.1, 0.15) is 0 Å². The lowest BCUT2D eigenvalue weighted by molar-refractivity contribution is 0.0953. The van der Waals surface area contributed by atoms with Gasteiger partial charge in [-0.15, -0.1) is 11.3 Å². The van der Waals surface area contributed by atoms with Crippen LogP contribution >= 0.6 is 27.3 Å². The summed E-state index contributed by atoms with van der Waals surface area (Å²) in [5, 5.41) is 11.8. The van der Waals surface area contributed by atoms with Crippen LogP contribution in [0, 0.1) is 0 Å². The summed E-state index contributed by atoms with van der Waals surface area (Å²) < 4.78 is 0.955. The number of aliphatic hydroxyl groups is 1. The number of thiophene rings is 1. The zero-order valence-corrected chi connectivity index (χ0v) is 10.9. The lowest BCUT2D eigenvalue weighted by atomic mass is 10.2. The highest BCUT2D eigenvalue weighted by atomic mass is 79.9. The quantitative estimate of drug-likeness (QED) is 0.819. The van der Waals surface area contributed by atoms with Gasteiger partial charge in [-0.2, -0.15) is 0 Å². The van der Waals surface area contributed by atoms with Crippen molar-refractivity contribution >= 4 is 33.2 Å². The number of aliphatic hydroxyl groups excluding tert-OH is 1. The average molecular weight is 292 g/mol. The monoisotopic (exact) mass is 291 g/mol. The summed E-state index contributed by atoms with van der Waals surface area (Å²) in [4.78, 5) is 12.2. The van der Waals surface area contributed by atoms with Crippen molar-refractivity contribution in [3.63, 3.8) is 0 Å². The Hall–Kier alpha value is -0.390. The SMILES string of the molecule is CC(O)CCCNC(=O)c1ccc(Br)s1. The maximum Gasteiger partial charge on any atom is 0.261 e. The van der Waals surface area contributed by atoms with E-state index in [2.05, 4.69) is 21.2 Å². The first-order valence-electron chi connectivity index (χ1n) is 4.81. The molecule has 0 saturated carbocycles. The van der Waals surface area contributed by atoms with E-state index < -0.39 is 0 Å². The maximum atomic E-state index is 11.5. The van der Waals surface area contributed by atoms with Crippen molar-refractivity contribution in [3.05, 3.63) is 20.8 Å². The van der Waals surface area contributed by atoms with Crippen LogP contribution in [0.1, 0.15) is 29.4 Å². The lowest BCUT2D eigenvalue weighted by Crippen LogP contribution is -2.24. The van der Waals surface area contributed by atoms with Gasteiger partial charge in [0.2, 0.25) is 0 Å². The van der Waals surface area contributed by atoms with Gasteiger partial charge in [-0.1, -0.05) is 0 Å². The van der Waals surface area contributed by atoms with E-state index in [4.69, 9.17) is 5.11 Å². The van der Waals surface area contributed by atoms with E-state index in [9.17, 15) is 4.79 Å². The number of rotatable bonds is 5. The molecule has 1 aromatic heterocycles. The minimum atomic E-state index is -0.294. The van der Waals surface area contributed by atoms with Gasteiger partial charge in [0, 0.05) is 6.54 Å². The minimum Gasteiger partial charge on any atom is -0.393 e. The Bertz CT molecular complexity index is 325. The molecule has 2 N–H and O–H groups in total. The molecule has 1 unspecified atom stereocenters. The molecule has 15 heavy (non-hydrogen) atoms. The maximum absolute atomic E-state index is 11.5. The van der Waals surface area contributed by atoms with Gasteiger partial charge >= 0.3 is 0 Å². The summed E-state index contributed by atoms with van der Waals surface area (Å²) in [6, 6.07) is 3.65. The van der Waals surface area contributed by atoms with Crippen LogP contribution in [0.25, 0.3) is 0 Å². The predicted molar refractivity (Wildman–Crippen MR) is 65.3 cm³/mol. The van der Waals surface area contributed by atoms with Gasteiger partial charge in [-0.3, -0.25) is 4.79 Å². The average Bonchev–Trinajstić information content (AvgIpc) is 2.59. The molecule has 0 radical (unpaired) electrons. The lowest BCUT2D eigenvalue weighted by Gasteiger charge is -2.04. The highest BCUT2D eigenvalue weighted by Crippen LogP contribution is 2.21. The second-order valence-corrected chi connectivity index (χ2v) is 5.81. The van der Waals surface area contributed by atoms with Crippen LogP contribution in [0.4, 0.5) is 0 Å². The molecule has 5 heteroatoms. The molecule has 0 spiro atoms. The number of amides is 1. The van der Waals surface area contributed by atoms with Gasteiger partial charge in [-0.25, -0.2) is 0 Å². The fourth-order valence-corrected chi connectivity index (χ4v) is 2.43. The molecule has 0 aliphatic heterocycles. The summed E-state index contributed by atoms with van der Waals surface area (Å²) >= 11 is 4.72. The normalized spacial score (nSPS) is 12.5. The fourth-order valence-electron chi connectivity index (χ4n) is 1.12. The van der Waals surface area contributed by atoms with Gasteiger partial charge in [0.15, 0.2) is 0 Å². The first kappa shape index (κ1) is 12.7. The van der Waals surface area contributed by atoms with E-state index >= 15 is 0 Å². The summed E-state index contributed by atoms with van der Waals surface area (Å²) in [7, 11) is 0. The Kier molecular flexibility index (Phi) is 5.28. The van der Waals surface area contributed by atoms with Gasteiger partial charge in [0.05, 0.1) is 14.8 Å². The predicted octanol–water partition coefficient (Wildman–Crippen LogP) is 2.40. The molecule has 0 fully saturated rings. The van der Waals surface area contributed by atoms with Crippen molar-refractivity contribution in [2.24, 2.45) is 0 Å². The molecule has 0 aliphatic carbocycles. The molecule has 1 amide bonds. The number of carbonyl (C=O) groups is 1. The Morgan fingerprint density at radius 2 is 2.40 bits per heavy atom. The van der Waals surface area contributed by atoms with Crippen molar-refractivity contribution in [2.45, 2.75) is 25.9 Å². The third kappa shape index (κ3) is 4.77. The van der Waals surface area contributed by atoms with E-state index in [1.807, 2.05) is 6.07 Å². The van der Waals surface area contributed by atoms with Crippen LogP contribution < -0.4 is 5.32 Å². The summed E-state index contributed by atoms with van der Waals surface area (Å²) in [6.45, 7) is 2.36. The number of hydrogen-bond acceptors (Lipinski definition) is 3. The van der Waals surface area contributed by atoms with E-state index in [0.717, 1.165) is 10.2 Å². The molecule has 0 aromatic carbocycles. The van der Waals surface area contributed by atoms with E-state index in [0.29, 0.717) is 17.8 Å². The third-order valence-electron chi connectivity index (χ3n) is 1.88. The molecule has 0 aliphatic rings. The van der Waals surface area contributed by atoms with Crippen molar-refractivity contribution in [1.29, 1.82) is 0 Å². The Labute approximate surface area is 102 Å². The molecule has 1 atom stereocenters. The molecular weight excluding hydrogens is 278 g/mol. The van der Waals surface area contributed by atoms with Crippen molar-refractivity contribution in [3.8, 4) is 0 Å². The zero-order valence-electron chi connectivity index (χ0n) is 8.50. The Morgan fingerprint density at radius 1 is 1.67 bits per heavy atom. The topological polar surface area (TPSA) is 49.3 Å². The minimum absolute atomic E-state index is 0.0451. The number of halogens is 1. The smallest absolute Gasteiger partial charge is 0.261 e.